The molecule has 2 aromatic rings. The number of halogens is 3. The second-order valence-corrected chi connectivity index (χ2v) is 7.00. The molecule has 1 saturated heterocycles. The molecule has 0 radical (unpaired) electrons. The molecule has 0 bridgehead atoms. The summed E-state index contributed by atoms with van der Waals surface area (Å²) in [7, 11) is 0. The summed E-state index contributed by atoms with van der Waals surface area (Å²) in [4.78, 5) is 17.7. The fraction of sp³-hybridized carbons (Fsp3) is 0.412. The van der Waals surface area contributed by atoms with Crippen LogP contribution in [0.2, 0.25) is 0 Å². The van der Waals surface area contributed by atoms with Gasteiger partial charge >= 0.3 is 6.18 Å². The van der Waals surface area contributed by atoms with E-state index in [1.165, 1.54) is 0 Å². The molecule has 0 unspecified atom stereocenters. The summed E-state index contributed by atoms with van der Waals surface area (Å²) < 4.78 is 37.7. The second kappa shape index (κ2) is 8.05. The molecule has 1 fully saturated rings. The van der Waals surface area contributed by atoms with Crippen LogP contribution < -0.4 is 10.6 Å². The number of carbonyl (C=O) groups excluding carboxylic acids is 1. The van der Waals surface area contributed by atoms with E-state index in [0.717, 1.165) is 35.2 Å². The third kappa shape index (κ3) is 5.18. The zero-order chi connectivity index (χ0) is 18.6. The van der Waals surface area contributed by atoms with Gasteiger partial charge in [0.15, 0.2) is 10.8 Å². The molecular weight excluding hydrogens is 365 g/mol. The zero-order valence-corrected chi connectivity index (χ0v) is 14.7. The van der Waals surface area contributed by atoms with Gasteiger partial charge in [-0.25, -0.2) is 4.98 Å². The van der Waals surface area contributed by atoms with Crippen molar-refractivity contribution in [2.45, 2.75) is 25.1 Å². The molecule has 140 valence electrons. The number of carbonyl (C=O) groups is 1. The minimum Gasteiger partial charge on any atom is -0.359 e. The number of thiazole rings is 1. The summed E-state index contributed by atoms with van der Waals surface area (Å²) >= 11 is 0.963. The third-order valence-corrected chi connectivity index (χ3v) is 4.91. The first-order chi connectivity index (χ1) is 12.4. The number of piperidine rings is 1. The van der Waals surface area contributed by atoms with Crippen molar-refractivity contribution in [2.75, 3.05) is 30.3 Å². The normalized spacial score (nSPS) is 16.4. The van der Waals surface area contributed by atoms with E-state index in [-0.39, 0.29) is 17.1 Å². The second-order valence-electron chi connectivity index (χ2n) is 6.14. The number of nitrogens with zero attached hydrogens (tertiary/aromatic N) is 2. The van der Waals surface area contributed by atoms with Crippen molar-refractivity contribution in [3.8, 4) is 0 Å². The van der Waals surface area contributed by atoms with Gasteiger partial charge in [-0.15, -0.1) is 11.3 Å². The molecule has 1 aliphatic rings. The molecule has 0 atom stereocenters. The lowest BCUT2D eigenvalue weighted by Gasteiger charge is -2.31. The van der Waals surface area contributed by atoms with Crippen LogP contribution in [-0.2, 0) is 11.0 Å². The number of likely N-dealkylation sites (tertiary alicyclic amines) is 1. The molecular formula is C17H19F3N4OS. The van der Waals surface area contributed by atoms with Crippen LogP contribution in [0.25, 0.3) is 0 Å². The molecule has 3 rings (SSSR count). The number of alkyl halides is 3. The lowest BCUT2D eigenvalue weighted by molar-refractivity contribution is -0.140. The first-order valence-electron chi connectivity index (χ1n) is 8.26. The van der Waals surface area contributed by atoms with Crippen molar-refractivity contribution in [1.29, 1.82) is 0 Å². The van der Waals surface area contributed by atoms with Crippen LogP contribution in [0.1, 0.15) is 18.5 Å². The minimum absolute atomic E-state index is 0.0654. The molecule has 0 saturated carbocycles. The smallest absolute Gasteiger partial charge is 0.359 e. The standard InChI is InChI=1S/C17H19F3N4OS/c18-17(19,20)14-11-26-16(23-14)22-13-6-8-24(9-7-13)10-15(25)21-12-4-2-1-3-5-12/h1-5,11,13H,6-10H2,(H,21,25)(H,22,23). The topological polar surface area (TPSA) is 57.3 Å². The largest absolute Gasteiger partial charge is 0.434 e. The summed E-state index contributed by atoms with van der Waals surface area (Å²) in [6, 6.07) is 9.32. The molecule has 1 aromatic carbocycles. The van der Waals surface area contributed by atoms with E-state index in [4.69, 9.17) is 0 Å². The number of hydrogen-bond donors (Lipinski definition) is 2. The van der Waals surface area contributed by atoms with E-state index in [1.54, 1.807) is 0 Å². The van der Waals surface area contributed by atoms with Gasteiger partial charge in [-0.1, -0.05) is 18.2 Å². The summed E-state index contributed by atoms with van der Waals surface area (Å²) in [5.74, 6) is -0.0719. The summed E-state index contributed by atoms with van der Waals surface area (Å²) in [6.45, 7) is 1.71. The van der Waals surface area contributed by atoms with Crippen molar-refractivity contribution in [1.82, 2.24) is 9.88 Å². The molecule has 5 nitrogen and oxygen atoms in total. The van der Waals surface area contributed by atoms with Crippen molar-refractivity contribution in [2.24, 2.45) is 0 Å². The molecule has 0 spiro atoms. The average molecular weight is 384 g/mol. The Kier molecular flexibility index (Phi) is 5.77. The third-order valence-electron chi connectivity index (χ3n) is 4.13. The Bertz CT molecular complexity index is 727. The van der Waals surface area contributed by atoms with Crippen LogP contribution >= 0.6 is 11.3 Å². The van der Waals surface area contributed by atoms with Crippen molar-refractivity contribution < 1.29 is 18.0 Å². The van der Waals surface area contributed by atoms with Gasteiger partial charge < -0.3 is 10.6 Å². The Labute approximate surface area is 153 Å². The number of benzene rings is 1. The maximum atomic E-state index is 12.6. The molecule has 9 heteroatoms. The highest BCUT2D eigenvalue weighted by molar-refractivity contribution is 7.13. The number of para-hydroxylation sites is 1. The fourth-order valence-electron chi connectivity index (χ4n) is 2.81. The lowest BCUT2D eigenvalue weighted by atomic mass is 10.1. The fourth-order valence-corrected chi connectivity index (χ4v) is 3.60. The average Bonchev–Trinajstić information content (AvgIpc) is 3.06. The SMILES string of the molecule is O=C(CN1CCC(Nc2nc(C(F)(F)F)cs2)CC1)Nc1ccccc1. The van der Waals surface area contributed by atoms with Gasteiger partial charge in [-0.2, -0.15) is 13.2 Å². The number of anilines is 2. The zero-order valence-electron chi connectivity index (χ0n) is 13.9. The van der Waals surface area contributed by atoms with Gasteiger partial charge in [-0.3, -0.25) is 9.69 Å². The molecule has 26 heavy (non-hydrogen) atoms. The van der Waals surface area contributed by atoms with Gasteiger partial charge in [-0.05, 0) is 25.0 Å². The van der Waals surface area contributed by atoms with Crippen molar-refractivity contribution >= 4 is 28.1 Å². The van der Waals surface area contributed by atoms with Crippen molar-refractivity contribution in [3.63, 3.8) is 0 Å². The monoisotopic (exact) mass is 384 g/mol. The molecule has 2 heterocycles. The predicted molar refractivity (Wildman–Crippen MR) is 95.3 cm³/mol. The van der Waals surface area contributed by atoms with E-state index < -0.39 is 11.9 Å². The van der Waals surface area contributed by atoms with Gasteiger partial charge in [0, 0.05) is 30.2 Å². The Hall–Kier alpha value is -2.13. The van der Waals surface area contributed by atoms with Crippen LogP contribution in [-0.4, -0.2) is 41.5 Å². The lowest BCUT2D eigenvalue weighted by Crippen LogP contribution is -2.42. The van der Waals surface area contributed by atoms with Crippen LogP contribution in [0.5, 0.6) is 0 Å². The van der Waals surface area contributed by atoms with Gasteiger partial charge in [0.1, 0.15) is 0 Å². The number of nitrogens with one attached hydrogen (secondary N) is 2. The maximum absolute atomic E-state index is 12.6. The van der Waals surface area contributed by atoms with Crippen LogP contribution in [0.3, 0.4) is 0 Å². The number of rotatable bonds is 5. The van der Waals surface area contributed by atoms with Crippen molar-refractivity contribution in [3.05, 3.63) is 41.4 Å². The molecule has 1 amide bonds. The number of aromatic nitrogens is 1. The number of amides is 1. The number of hydrogen-bond acceptors (Lipinski definition) is 5. The summed E-state index contributed by atoms with van der Waals surface area (Å²) in [5.41, 5.74) is -0.0988. The van der Waals surface area contributed by atoms with E-state index in [0.29, 0.717) is 19.6 Å². The highest BCUT2D eigenvalue weighted by atomic mass is 32.1. The van der Waals surface area contributed by atoms with Crippen LogP contribution in [0.15, 0.2) is 35.7 Å². The summed E-state index contributed by atoms with van der Waals surface area (Å²) in [5, 5.41) is 7.22. The van der Waals surface area contributed by atoms with E-state index in [2.05, 4.69) is 15.6 Å². The first-order valence-corrected chi connectivity index (χ1v) is 9.14. The van der Waals surface area contributed by atoms with E-state index in [9.17, 15) is 18.0 Å². The Morgan fingerprint density at radius 3 is 2.54 bits per heavy atom. The minimum atomic E-state index is -4.41. The highest BCUT2D eigenvalue weighted by Crippen LogP contribution is 2.32. The molecule has 1 aromatic heterocycles. The van der Waals surface area contributed by atoms with Crippen LogP contribution in [0.4, 0.5) is 24.0 Å². The first kappa shape index (κ1) is 18.7. The predicted octanol–water partition coefficient (Wildman–Crippen LogP) is 3.68. The van der Waals surface area contributed by atoms with Gasteiger partial charge in [0.05, 0.1) is 6.54 Å². The maximum Gasteiger partial charge on any atom is 0.434 e. The Morgan fingerprint density at radius 2 is 1.92 bits per heavy atom. The molecule has 0 aliphatic carbocycles. The van der Waals surface area contributed by atoms with Crippen LogP contribution in [0, 0.1) is 0 Å². The highest BCUT2D eigenvalue weighted by Gasteiger charge is 2.34. The van der Waals surface area contributed by atoms with Gasteiger partial charge in [0.2, 0.25) is 5.91 Å². The Balaban J connectivity index is 1.43. The molecule has 1 aliphatic heterocycles. The van der Waals surface area contributed by atoms with E-state index >= 15 is 0 Å². The van der Waals surface area contributed by atoms with Gasteiger partial charge in [0.25, 0.3) is 0 Å². The quantitative estimate of drug-likeness (QED) is 0.826. The molecule has 2 N–H and O–H groups in total. The summed E-state index contributed by atoms with van der Waals surface area (Å²) in [6.07, 6.45) is -2.91. The Morgan fingerprint density at radius 1 is 1.23 bits per heavy atom. The van der Waals surface area contributed by atoms with E-state index in [1.807, 2.05) is 35.2 Å².